The number of halogens is 1. The van der Waals surface area contributed by atoms with Gasteiger partial charge in [-0.1, -0.05) is 24.6 Å². The molecule has 0 unspecified atom stereocenters. The van der Waals surface area contributed by atoms with Crippen LogP contribution in [0.2, 0.25) is 5.02 Å². The Kier molecular flexibility index (Phi) is 7.12. The molecule has 0 heterocycles. The highest BCUT2D eigenvalue weighted by Crippen LogP contribution is 2.25. The minimum absolute atomic E-state index is 0.120. The Labute approximate surface area is 142 Å². The van der Waals surface area contributed by atoms with E-state index in [2.05, 4.69) is 5.32 Å². The Morgan fingerprint density at radius 1 is 1.38 bits per heavy atom. The first-order valence-corrected chi connectivity index (χ1v) is 7.36. The number of amides is 2. The van der Waals surface area contributed by atoms with Crippen LogP contribution in [0.25, 0.3) is 0 Å². The van der Waals surface area contributed by atoms with E-state index in [0.29, 0.717) is 6.42 Å². The summed E-state index contributed by atoms with van der Waals surface area (Å²) in [4.78, 5) is 46.1. The predicted molar refractivity (Wildman–Crippen MR) is 84.9 cm³/mol. The second-order valence-corrected chi connectivity index (χ2v) is 5.19. The van der Waals surface area contributed by atoms with Gasteiger partial charge in [0.05, 0.1) is 16.5 Å². The monoisotopic (exact) mass is 357 g/mol. The number of aliphatic carboxylic acids is 1. The number of carboxylic acids is 1. The van der Waals surface area contributed by atoms with Crippen molar-refractivity contribution in [1.82, 2.24) is 10.2 Å². The molecule has 0 aliphatic carbocycles. The number of nitrogens with one attached hydrogen (secondary N) is 1. The number of benzene rings is 1. The molecule has 0 atom stereocenters. The van der Waals surface area contributed by atoms with E-state index in [1.165, 1.54) is 12.1 Å². The maximum absolute atomic E-state index is 12.1. The number of carbonyl (C=O) groups is 3. The van der Waals surface area contributed by atoms with Crippen LogP contribution in [-0.4, -0.2) is 52.3 Å². The van der Waals surface area contributed by atoms with E-state index < -0.39 is 41.5 Å². The van der Waals surface area contributed by atoms with Gasteiger partial charge in [-0.05, 0) is 12.5 Å². The molecule has 0 fully saturated rings. The molecular formula is C14H16ClN3O6. The topological polar surface area (TPSA) is 130 Å². The van der Waals surface area contributed by atoms with Gasteiger partial charge >= 0.3 is 5.97 Å². The van der Waals surface area contributed by atoms with Crippen LogP contribution >= 0.6 is 11.6 Å². The molecule has 0 radical (unpaired) electrons. The maximum Gasteiger partial charge on any atom is 0.323 e. The van der Waals surface area contributed by atoms with Gasteiger partial charge in [0.1, 0.15) is 12.1 Å². The van der Waals surface area contributed by atoms with E-state index in [0.717, 1.165) is 11.0 Å². The van der Waals surface area contributed by atoms with Crippen molar-refractivity contribution in [2.45, 2.75) is 13.3 Å². The van der Waals surface area contributed by atoms with E-state index in [1.807, 2.05) is 0 Å². The van der Waals surface area contributed by atoms with Gasteiger partial charge in [0, 0.05) is 12.6 Å². The molecular weight excluding hydrogens is 342 g/mol. The molecule has 1 rings (SSSR count). The van der Waals surface area contributed by atoms with Gasteiger partial charge in [0.15, 0.2) is 0 Å². The Bertz CT molecular complexity index is 664. The first-order valence-electron chi connectivity index (χ1n) is 6.98. The summed E-state index contributed by atoms with van der Waals surface area (Å²) in [6, 6.07) is 3.77. The quantitative estimate of drug-likeness (QED) is 0.532. The lowest BCUT2D eigenvalue weighted by Crippen LogP contribution is -2.43. The van der Waals surface area contributed by atoms with E-state index >= 15 is 0 Å². The number of nitro groups is 1. The van der Waals surface area contributed by atoms with Crippen LogP contribution in [-0.2, 0) is 9.59 Å². The van der Waals surface area contributed by atoms with Crippen LogP contribution < -0.4 is 5.32 Å². The summed E-state index contributed by atoms with van der Waals surface area (Å²) < 4.78 is 0. The zero-order valence-corrected chi connectivity index (χ0v) is 13.6. The molecule has 2 amide bonds. The largest absolute Gasteiger partial charge is 0.480 e. The van der Waals surface area contributed by atoms with Crippen LogP contribution in [0.4, 0.5) is 5.69 Å². The molecule has 1 aromatic carbocycles. The molecule has 0 saturated heterocycles. The molecule has 0 aliphatic heterocycles. The summed E-state index contributed by atoms with van der Waals surface area (Å²) in [6.45, 7) is 1.00. The average Bonchev–Trinajstić information content (AvgIpc) is 2.51. The van der Waals surface area contributed by atoms with E-state index in [4.69, 9.17) is 16.7 Å². The third-order valence-electron chi connectivity index (χ3n) is 2.99. The molecule has 0 spiro atoms. The van der Waals surface area contributed by atoms with Crippen molar-refractivity contribution >= 4 is 35.1 Å². The number of nitrogens with zero attached hydrogens (tertiary/aromatic N) is 2. The summed E-state index contributed by atoms with van der Waals surface area (Å²) >= 11 is 5.83. The SMILES string of the molecule is CCCN(CC(=O)O)C(=O)CNC(=O)c1c(Cl)cccc1[N+](=O)[O-]. The van der Waals surface area contributed by atoms with Gasteiger partial charge < -0.3 is 15.3 Å². The van der Waals surface area contributed by atoms with Crippen molar-refractivity contribution in [3.63, 3.8) is 0 Å². The minimum Gasteiger partial charge on any atom is -0.480 e. The predicted octanol–water partition coefficient (Wildman–Crippen LogP) is 1.30. The van der Waals surface area contributed by atoms with Crippen molar-refractivity contribution in [1.29, 1.82) is 0 Å². The highest BCUT2D eigenvalue weighted by molar-refractivity contribution is 6.34. The van der Waals surface area contributed by atoms with Crippen molar-refractivity contribution in [2.75, 3.05) is 19.6 Å². The molecule has 130 valence electrons. The highest BCUT2D eigenvalue weighted by Gasteiger charge is 2.24. The normalized spacial score (nSPS) is 10.1. The van der Waals surface area contributed by atoms with E-state index in [-0.39, 0.29) is 17.1 Å². The van der Waals surface area contributed by atoms with Crippen molar-refractivity contribution in [2.24, 2.45) is 0 Å². The Hall–Kier alpha value is -2.68. The lowest BCUT2D eigenvalue weighted by molar-refractivity contribution is -0.385. The van der Waals surface area contributed by atoms with Crippen LogP contribution in [0.1, 0.15) is 23.7 Å². The third kappa shape index (κ3) is 5.20. The molecule has 24 heavy (non-hydrogen) atoms. The van der Waals surface area contributed by atoms with Gasteiger partial charge in [0.25, 0.3) is 11.6 Å². The molecule has 0 saturated carbocycles. The number of hydrogen-bond donors (Lipinski definition) is 2. The zero-order valence-electron chi connectivity index (χ0n) is 12.8. The van der Waals surface area contributed by atoms with Gasteiger partial charge in [-0.3, -0.25) is 24.5 Å². The number of hydrogen-bond acceptors (Lipinski definition) is 5. The van der Waals surface area contributed by atoms with Crippen molar-refractivity contribution in [3.8, 4) is 0 Å². The number of rotatable bonds is 8. The standard InChI is InChI=1S/C14H16ClN3O6/c1-2-6-17(8-12(20)21)11(19)7-16-14(22)13-9(15)4-3-5-10(13)18(23)24/h3-5H,2,6-8H2,1H3,(H,16,22)(H,20,21). The van der Waals surface area contributed by atoms with Gasteiger partial charge in [-0.15, -0.1) is 0 Å². The van der Waals surface area contributed by atoms with Gasteiger partial charge in [0.2, 0.25) is 5.91 Å². The minimum atomic E-state index is -1.18. The first-order chi connectivity index (χ1) is 11.3. The maximum atomic E-state index is 12.1. The number of nitro benzene ring substituents is 1. The van der Waals surface area contributed by atoms with E-state index in [9.17, 15) is 24.5 Å². The van der Waals surface area contributed by atoms with Crippen LogP contribution in [0.5, 0.6) is 0 Å². The molecule has 1 aromatic rings. The molecule has 9 nitrogen and oxygen atoms in total. The lowest BCUT2D eigenvalue weighted by Gasteiger charge is -2.20. The molecule has 2 N–H and O–H groups in total. The first kappa shape index (κ1) is 19.4. The third-order valence-corrected chi connectivity index (χ3v) is 3.30. The van der Waals surface area contributed by atoms with Gasteiger partial charge in [-0.2, -0.15) is 0 Å². The van der Waals surface area contributed by atoms with Crippen LogP contribution in [0.3, 0.4) is 0 Å². The fraction of sp³-hybridized carbons (Fsp3) is 0.357. The summed E-state index contributed by atoms with van der Waals surface area (Å²) in [7, 11) is 0. The van der Waals surface area contributed by atoms with Crippen molar-refractivity contribution < 1.29 is 24.4 Å². The number of carbonyl (C=O) groups excluding carboxylic acids is 2. The molecule has 0 aliphatic rings. The fourth-order valence-corrected chi connectivity index (χ4v) is 2.23. The van der Waals surface area contributed by atoms with Crippen LogP contribution in [0.15, 0.2) is 18.2 Å². The second kappa shape index (κ2) is 8.82. The smallest absolute Gasteiger partial charge is 0.323 e. The lowest BCUT2D eigenvalue weighted by atomic mass is 10.1. The second-order valence-electron chi connectivity index (χ2n) is 4.78. The van der Waals surface area contributed by atoms with Gasteiger partial charge in [-0.25, -0.2) is 0 Å². The fourth-order valence-electron chi connectivity index (χ4n) is 1.97. The Morgan fingerprint density at radius 2 is 2.04 bits per heavy atom. The summed E-state index contributed by atoms with van der Waals surface area (Å²) in [5.74, 6) is -2.67. The molecule has 0 aromatic heterocycles. The Balaban J connectivity index is 2.84. The van der Waals surface area contributed by atoms with E-state index in [1.54, 1.807) is 6.92 Å². The summed E-state index contributed by atoms with van der Waals surface area (Å²) in [5, 5.41) is 21.8. The molecule has 10 heteroatoms. The Morgan fingerprint density at radius 3 is 2.58 bits per heavy atom. The van der Waals surface area contributed by atoms with Crippen molar-refractivity contribution in [3.05, 3.63) is 38.9 Å². The van der Waals surface area contributed by atoms with Crippen LogP contribution in [0, 0.1) is 10.1 Å². The average molecular weight is 358 g/mol. The molecule has 0 bridgehead atoms. The number of carboxylic acid groups (broad SMARTS) is 1. The highest BCUT2D eigenvalue weighted by atomic mass is 35.5. The zero-order chi connectivity index (χ0) is 18.3. The summed E-state index contributed by atoms with van der Waals surface area (Å²) in [6.07, 6.45) is 0.545. The summed E-state index contributed by atoms with van der Waals surface area (Å²) in [5.41, 5.74) is -0.833.